The average Bonchev–Trinajstić information content (AvgIpc) is 2.91. The van der Waals surface area contributed by atoms with Crippen molar-refractivity contribution in [1.82, 2.24) is 14.9 Å². The van der Waals surface area contributed by atoms with Crippen molar-refractivity contribution in [2.75, 3.05) is 13.1 Å². The van der Waals surface area contributed by atoms with Crippen LogP contribution in [0.3, 0.4) is 0 Å². The standard InChI is InChI=1S/C17H22ClN3O2/c1-17(2,3)23-16(22)21-9-5-6-11(10-21)15-19-13-8-4-7-12(18)14(13)20-15/h4,7-8,11H,5-6,9-10H2,1-3H3,(H,19,20). The summed E-state index contributed by atoms with van der Waals surface area (Å²) in [5, 5.41) is 0.643. The summed E-state index contributed by atoms with van der Waals surface area (Å²) >= 11 is 6.19. The molecule has 124 valence electrons. The van der Waals surface area contributed by atoms with Crippen molar-refractivity contribution < 1.29 is 9.53 Å². The number of rotatable bonds is 1. The van der Waals surface area contributed by atoms with Gasteiger partial charge >= 0.3 is 6.09 Å². The van der Waals surface area contributed by atoms with Crippen LogP contribution in [-0.2, 0) is 4.74 Å². The van der Waals surface area contributed by atoms with E-state index >= 15 is 0 Å². The van der Waals surface area contributed by atoms with Gasteiger partial charge in [0, 0.05) is 19.0 Å². The van der Waals surface area contributed by atoms with Gasteiger partial charge < -0.3 is 14.6 Å². The first kappa shape index (κ1) is 16.1. The Kier molecular flexibility index (Phi) is 4.23. The van der Waals surface area contributed by atoms with Crippen molar-refractivity contribution >= 4 is 28.7 Å². The fourth-order valence-electron chi connectivity index (χ4n) is 2.90. The molecule has 2 heterocycles. The Morgan fingerprint density at radius 3 is 2.91 bits per heavy atom. The summed E-state index contributed by atoms with van der Waals surface area (Å²) in [6.07, 6.45) is 1.68. The molecule has 3 rings (SSSR count). The number of H-pyrrole nitrogens is 1. The minimum Gasteiger partial charge on any atom is -0.444 e. The summed E-state index contributed by atoms with van der Waals surface area (Å²) in [4.78, 5) is 22.0. The molecule has 23 heavy (non-hydrogen) atoms. The third kappa shape index (κ3) is 3.61. The van der Waals surface area contributed by atoms with E-state index in [1.54, 1.807) is 4.90 Å². The number of hydrogen-bond donors (Lipinski definition) is 1. The SMILES string of the molecule is CC(C)(C)OC(=O)N1CCCC(c2nc3c(Cl)cccc3[nH]2)C1. The summed E-state index contributed by atoms with van der Waals surface area (Å²) in [6, 6.07) is 5.70. The summed E-state index contributed by atoms with van der Waals surface area (Å²) < 4.78 is 5.47. The van der Waals surface area contributed by atoms with Crippen molar-refractivity contribution in [3.63, 3.8) is 0 Å². The molecule has 2 aromatic rings. The van der Waals surface area contributed by atoms with E-state index in [1.807, 2.05) is 39.0 Å². The minimum absolute atomic E-state index is 0.180. The number of likely N-dealkylation sites (tertiary alicyclic amines) is 1. The fourth-order valence-corrected chi connectivity index (χ4v) is 3.12. The van der Waals surface area contributed by atoms with Crippen LogP contribution in [0.1, 0.15) is 45.4 Å². The van der Waals surface area contributed by atoms with Crippen LogP contribution in [0.5, 0.6) is 0 Å². The summed E-state index contributed by atoms with van der Waals surface area (Å²) in [5.74, 6) is 1.07. The zero-order valence-corrected chi connectivity index (χ0v) is 14.5. The molecule has 1 amide bonds. The first-order chi connectivity index (χ1) is 10.8. The normalized spacial score (nSPS) is 19.1. The van der Waals surface area contributed by atoms with Gasteiger partial charge in [0.1, 0.15) is 16.9 Å². The number of nitrogens with one attached hydrogen (secondary N) is 1. The Hall–Kier alpha value is -1.75. The summed E-state index contributed by atoms with van der Waals surface area (Å²) in [6.45, 7) is 6.99. The predicted octanol–water partition coefficient (Wildman–Crippen LogP) is 4.33. The van der Waals surface area contributed by atoms with Crippen molar-refractivity contribution in [1.29, 1.82) is 0 Å². The number of nitrogens with zero attached hydrogens (tertiary/aromatic N) is 2. The summed E-state index contributed by atoms with van der Waals surface area (Å²) in [7, 11) is 0. The molecule has 1 atom stereocenters. The maximum absolute atomic E-state index is 12.3. The molecule has 0 aliphatic carbocycles. The number of halogens is 1. The minimum atomic E-state index is -0.475. The summed E-state index contributed by atoms with van der Waals surface area (Å²) in [5.41, 5.74) is 1.25. The van der Waals surface area contributed by atoms with Crippen LogP contribution >= 0.6 is 11.6 Å². The van der Waals surface area contributed by atoms with Gasteiger partial charge in [-0.25, -0.2) is 9.78 Å². The average molecular weight is 336 g/mol. The van der Waals surface area contributed by atoms with E-state index in [-0.39, 0.29) is 12.0 Å². The lowest BCUT2D eigenvalue weighted by Gasteiger charge is -2.33. The molecule has 0 spiro atoms. The number of aromatic nitrogens is 2. The zero-order chi connectivity index (χ0) is 16.6. The number of carbonyl (C=O) groups excluding carboxylic acids is 1. The molecule has 5 nitrogen and oxygen atoms in total. The number of amides is 1. The smallest absolute Gasteiger partial charge is 0.410 e. The highest BCUT2D eigenvalue weighted by Crippen LogP contribution is 2.29. The van der Waals surface area contributed by atoms with Crippen molar-refractivity contribution in [2.45, 2.75) is 45.1 Å². The Morgan fingerprint density at radius 1 is 1.43 bits per heavy atom. The quantitative estimate of drug-likeness (QED) is 0.843. The maximum Gasteiger partial charge on any atom is 0.410 e. The highest BCUT2D eigenvalue weighted by Gasteiger charge is 2.29. The van der Waals surface area contributed by atoms with Crippen LogP contribution in [0.15, 0.2) is 18.2 Å². The van der Waals surface area contributed by atoms with Gasteiger partial charge in [-0.15, -0.1) is 0 Å². The molecule has 1 aromatic carbocycles. The van der Waals surface area contributed by atoms with E-state index in [0.29, 0.717) is 11.6 Å². The lowest BCUT2D eigenvalue weighted by molar-refractivity contribution is 0.0196. The zero-order valence-electron chi connectivity index (χ0n) is 13.7. The lowest BCUT2D eigenvalue weighted by atomic mass is 9.98. The van der Waals surface area contributed by atoms with Gasteiger partial charge in [0.15, 0.2) is 0 Å². The van der Waals surface area contributed by atoms with Gasteiger partial charge in [-0.1, -0.05) is 17.7 Å². The molecule has 1 fully saturated rings. The molecule has 1 aliphatic rings. The third-order valence-electron chi connectivity index (χ3n) is 3.94. The lowest BCUT2D eigenvalue weighted by Crippen LogP contribution is -2.42. The molecule has 1 unspecified atom stereocenters. The Morgan fingerprint density at radius 2 is 2.22 bits per heavy atom. The monoisotopic (exact) mass is 335 g/mol. The Balaban J connectivity index is 1.77. The number of carbonyl (C=O) groups is 1. The number of imidazole rings is 1. The number of ether oxygens (including phenoxy) is 1. The second kappa shape index (κ2) is 6.04. The van der Waals surface area contributed by atoms with Gasteiger partial charge in [0.25, 0.3) is 0 Å². The Labute approximate surface area is 141 Å². The van der Waals surface area contributed by atoms with Crippen LogP contribution < -0.4 is 0 Å². The molecule has 1 saturated heterocycles. The number of piperidine rings is 1. The van der Waals surface area contributed by atoms with E-state index < -0.39 is 5.60 Å². The second-order valence-corrected chi connectivity index (χ2v) is 7.43. The van der Waals surface area contributed by atoms with Crippen LogP contribution in [0.4, 0.5) is 4.79 Å². The van der Waals surface area contributed by atoms with Gasteiger partial charge in [0.2, 0.25) is 0 Å². The largest absolute Gasteiger partial charge is 0.444 e. The molecule has 0 radical (unpaired) electrons. The van der Waals surface area contributed by atoms with Crippen LogP contribution in [0.25, 0.3) is 11.0 Å². The van der Waals surface area contributed by atoms with Crippen molar-refractivity contribution in [3.8, 4) is 0 Å². The highest BCUT2D eigenvalue weighted by molar-refractivity contribution is 6.34. The second-order valence-electron chi connectivity index (χ2n) is 7.02. The van der Waals surface area contributed by atoms with Gasteiger partial charge in [-0.2, -0.15) is 0 Å². The third-order valence-corrected chi connectivity index (χ3v) is 4.25. The van der Waals surface area contributed by atoms with E-state index in [4.69, 9.17) is 16.3 Å². The molecule has 1 aliphatic heterocycles. The molecule has 1 aromatic heterocycles. The molecule has 0 bridgehead atoms. The highest BCUT2D eigenvalue weighted by atomic mass is 35.5. The first-order valence-corrected chi connectivity index (χ1v) is 8.33. The van der Waals surface area contributed by atoms with E-state index in [1.165, 1.54) is 0 Å². The number of hydrogen-bond acceptors (Lipinski definition) is 3. The van der Waals surface area contributed by atoms with Crippen LogP contribution in [-0.4, -0.2) is 39.7 Å². The predicted molar refractivity (Wildman–Crippen MR) is 90.9 cm³/mol. The van der Waals surface area contributed by atoms with Crippen LogP contribution in [0.2, 0.25) is 5.02 Å². The number of fused-ring (bicyclic) bond motifs is 1. The van der Waals surface area contributed by atoms with E-state index in [2.05, 4.69) is 9.97 Å². The molecular formula is C17H22ClN3O2. The number of aromatic amines is 1. The molecular weight excluding hydrogens is 314 g/mol. The first-order valence-electron chi connectivity index (χ1n) is 7.95. The van der Waals surface area contributed by atoms with Gasteiger partial charge in [0.05, 0.1) is 10.5 Å². The fraction of sp³-hybridized carbons (Fsp3) is 0.529. The van der Waals surface area contributed by atoms with Crippen LogP contribution in [0, 0.1) is 0 Å². The van der Waals surface area contributed by atoms with Gasteiger partial charge in [-0.3, -0.25) is 0 Å². The van der Waals surface area contributed by atoms with Crippen molar-refractivity contribution in [3.05, 3.63) is 29.0 Å². The topological polar surface area (TPSA) is 58.2 Å². The Bertz CT molecular complexity index is 720. The van der Waals surface area contributed by atoms with E-state index in [9.17, 15) is 4.79 Å². The maximum atomic E-state index is 12.3. The number of para-hydroxylation sites is 1. The molecule has 1 N–H and O–H groups in total. The van der Waals surface area contributed by atoms with Crippen molar-refractivity contribution in [2.24, 2.45) is 0 Å². The molecule has 6 heteroatoms. The molecule has 0 saturated carbocycles. The number of benzene rings is 1. The van der Waals surface area contributed by atoms with Gasteiger partial charge in [-0.05, 0) is 45.7 Å². The van der Waals surface area contributed by atoms with E-state index in [0.717, 1.165) is 36.2 Å².